The highest BCUT2D eigenvalue weighted by molar-refractivity contribution is 6.11. The highest BCUT2D eigenvalue weighted by atomic mass is 16.3. The Labute approximate surface area is 235 Å². The highest BCUT2D eigenvalue weighted by Gasteiger charge is 2.18. The first-order valence-corrected chi connectivity index (χ1v) is 14.2. The van der Waals surface area contributed by atoms with Gasteiger partial charge in [-0.15, -0.1) is 0 Å². The number of aliphatic hydroxyl groups is 1. The third kappa shape index (κ3) is 7.10. The maximum atomic E-state index is 13.2. The van der Waals surface area contributed by atoms with Gasteiger partial charge in [-0.2, -0.15) is 5.10 Å². The van der Waals surface area contributed by atoms with Crippen LogP contribution in [0.15, 0.2) is 59.4 Å². The Kier molecular flexibility index (Phi) is 9.15. The minimum atomic E-state index is -0.278. The summed E-state index contributed by atoms with van der Waals surface area (Å²) in [6, 6.07) is 9.85. The number of aliphatic imine (C=N–C) groups is 1. The number of fused-ring (bicyclic) bond motifs is 1. The van der Waals surface area contributed by atoms with Crippen LogP contribution in [0.4, 0.5) is 5.69 Å². The molecule has 2 aliphatic rings. The molecule has 3 N–H and O–H groups in total. The van der Waals surface area contributed by atoms with Crippen molar-refractivity contribution >= 4 is 34.8 Å². The van der Waals surface area contributed by atoms with Crippen molar-refractivity contribution in [1.29, 1.82) is 0 Å². The largest absolute Gasteiger partial charge is 0.393 e. The number of amides is 1. The van der Waals surface area contributed by atoms with Crippen LogP contribution in [0, 0.1) is 0 Å². The molecule has 0 unspecified atom stereocenters. The van der Waals surface area contributed by atoms with Crippen molar-refractivity contribution in [2.75, 3.05) is 38.0 Å². The minimum absolute atomic E-state index is 0.202. The molecule has 9 nitrogen and oxygen atoms in total. The second-order valence-corrected chi connectivity index (χ2v) is 10.9. The van der Waals surface area contributed by atoms with Gasteiger partial charge in [0.15, 0.2) is 5.69 Å². The van der Waals surface area contributed by atoms with Gasteiger partial charge < -0.3 is 10.4 Å². The van der Waals surface area contributed by atoms with E-state index in [0.717, 1.165) is 85.4 Å². The standard InChI is InChI=1S/C31H39N7O2/c1-22(16-23(18-32-2)20-38-14-10-27(39)11-15-38)24-6-9-29-28(17-24)30(36-35-29)31(40)34-25-7-8-26(33-19-25)21-37-12-4-3-5-13-37/h6-9,16-19,27,39H,2-5,10-15,20-21H2,1H3,(H,34,40)(H,35,36)/b22-16+,23-18+. The average Bonchev–Trinajstić information content (AvgIpc) is 3.39. The number of carbonyl (C=O) groups is 1. The zero-order valence-corrected chi connectivity index (χ0v) is 23.3. The third-order valence-corrected chi connectivity index (χ3v) is 7.77. The fourth-order valence-corrected chi connectivity index (χ4v) is 5.50. The molecule has 5 rings (SSSR count). The van der Waals surface area contributed by atoms with E-state index in [9.17, 15) is 9.90 Å². The van der Waals surface area contributed by atoms with Crippen molar-refractivity contribution in [3.63, 3.8) is 0 Å². The van der Waals surface area contributed by atoms with Crippen LogP contribution in [0.1, 0.15) is 60.8 Å². The molecule has 0 bridgehead atoms. The van der Waals surface area contributed by atoms with Crippen LogP contribution >= 0.6 is 0 Å². The van der Waals surface area contributed by atoms with Crippen LogP contribution in [-0.4, -0.2) is 81.5 Å². The quantitative estimate of drug-likeness (QED) is 0.269. The van der Waals surface area contributed by atoms with Crippen molar-refractivity contribution in [3.05, 3.63) is 71.3 Å². The summed E-state index contributed by atoms with van der Waals surface area (Å²) in [5.41, 5.74) is 5.89. The number of anilines is 1. The number of hydrogen-bond acceptors (Lipinski definition) is 7. The molecule has 9 heteroatoms. The van der Waals surface area contributed by atoms with E-state index >= 15 is 0 Å². The lowest BCUT2D eigenvalue weighted by Crippen LogP contribution is -2.36. The second-order valence-electron chi connectivity index (χ2n) is 10.9. The molecule has 1 aromatic carbocycles. The second kappa shape index (κ2) is 13.1. The summed E-state index contributed by atoms with van der Waals surface area (Å²) in [7, 11) is 0. The number of H-pyrrole nitrogens is 1. The molecular formula is C31H39N7O2. The van der Waals surface area contributed by atoms with E-state index in [1.54, 1.807) is 12.4 Å². The fraction of sp³-hybridized carbons (Fsp3) is 0.419. The predicted molar refractivity (Wildman–Crippen MR) is 160 cm³/mol. The van der Waals surface area contributed by atoms with E-state index in [2.05, 4.69) is 55.0 Å². The number of benzene rings is 1. The smallest absolute Gasteiger partial charge is 0.276 e. The molecule has 4 heterocycles. The highest BCUT2D eigenvalue weighted by Crippen LogP contribution is 2.25. The number of nitrogens with one attached hydrogen (secondary N) is 2. The van der Waals surface area contributed by atoms with Crippen molar-refractivity contribution in [1.82, 2.24) is 25.0 Å². The molecular weight excluding hydrogens is 502 g/mol. The van der Waals surface area contributed by atoms with E-state index in [0.29, 0.717) is 11.4 Å². The van der Waals surface area contributed by atoms with Crippen molar-refractivity contribution in [2.24, 2.45) is 4.99 Å². The van der Waals surface area contributed by atoms with Crippen LogP contribution in [0.25, 0.3) is 16.5 Å². The molecule has 1 amide bonds. The number of allylic oxidation sites excluding steroid dienone is 1. The van der Waals surface area contributed by atoms with Crippen molar-refractivity contribution in [3.8, 4) is 0 Å². The van der Waals surface area contributed by atoms with E-state index in [-0.39, 0.29) is 12.0 Å². The number of aromatic nitrogens is 3. The van der Waals surface area contributed by atoms with Gasteiger partial charge in [-0.25, -0.2) is 0 Å². The molecule has 2 aliphatic heterocycles. The molecule has 40 heavy (non-hydrogen) atoms. The van der Waals surface area contributed by atoms with Crippen molar-refractivity contribution in [2.45, 2.75) is 51.7 Å². The molecule has 0 radical (unpaired) electrons. The summed E-state index contributed by atoms with van der Waals surface area (Å²) in [6.45, 7) is 11.2. The first-order chi connectivity index (χ1) is 19.5. The number of rotatable bonds is 9. The summed E-state index contributed by atoms with van der Waals surface area (Å²) in [5, 5.41) is 20.8. The lowest BCUT2D eigenvalue weighted by atomic mass is 10.0. The maximum absolute atomic E-state index is 13.2. The Bertz CT molecular complexity index is 1380. The van der Waals surface area contributed by atoms with Crippen molar-refractivity contribution < 1.29 is 9.90 Å². The Hall–Kier alpha value is -3.66. The topological polar surface area (TPSA) is 110 Å². The third-order valence-electron chi connectivity index (χ3n) is 7.77. The van der Waals surface area contributed by atoms with Crippen LogP contribution < -0.4 is 5.32 Å². The summed E-state index contributed by atoms with van der Waals surface area (Å²) in [6.07, 6.45) is 10.8. The van der Waals surface area contributed by atoms with Gasteiger partial charge in [0, 0.05) is 37.8 Å². The van der Waals surface area contributed by atoms with E-state index < -0.39 is 0 Å². The summed E-state index contributed by atoms with van der Waals surface area (Å²) in [4.78, 5) is 26.5. The number of likely N-dealkylation sites (tertiary alicyclic amines) is 2. The molecule has 0 saturated carbocycles. The molecule has 2 aromatic heterocycles. The molecule has 0 spiro atoms. The van der Waals surface area contributed by atoms with Gasteiger partial charge in [0.2, 0.25) is 0 Å². The number of pyridine rings is 1. The number of nitrogens with zero attached hydrogens (tertiary/aromatic N) is 5. The van der Waals surface area contributed by atoms with Crippen LogP contribution in [0.3, 0.4) is 0 Å². The van der Waals surface area contributed by atoms with Gasteiger partial charge in [-0.1, -0.05) is 18.6 Å². The van der Waals surface area contributed by atoms with Gasteiger partial charge in [0.05, 0.1) is 29.2 Å². The Morgan fingerprint density at radius 1 is 1.15 bits per heavy atom. The van der Waals surface area contributed by atoms with Gasteiger partial charge in [0.1, 0.15) is 0 Å². The monoisotopic (exact) mass is 541 g/mol. The Morgan fingerprint density at radius 2 is 1.95 bits per heavy atom. The maximum Gasteiger partial charge on any atom is 0.276 e. The first-order valence-electron chi connectivity index (χ1n) is 14.2. The lowest BCUT2D eigenvalue weighted by Gasteiger charge is -2.29. The number of hydrogen-bond donors (Lipinski definition) is 3. The van der Waals surface area contributed by atoms with E-state index in [1.807, 2.05) is 30.3 Å². The number of piperidine rings is 2. The predicted octanol–water partition coefficient (Wildman–Crippen LogP) is 4.64. The van der Waals surface area contributed by atoms with Gasteiger partial charge >= 0.3 is 0 Å². The minimum Gasteiger partial charge on any atom is -0.393 e. The molecule has 2 saturated heterocycles. The van der Waals surface area contributed by atoms with Crippen LogP contribution in [-0.2, 0) is 6.54 Å². The van der Waals surface area contributed by atoms with Gasteiger partial charge in [0.25, 0.3) is 5.91 Å². The average molecular weight is 542 g/mol. The first kappa shape index (κ1) is 27.9. The van der Waals surface area contributed by atoms with Crippen LogP contribution in [0.2, 0.25) is 0 Å². The molecule has 0 atom stereocenters. The SMILES string of the molecule is C=N/C=C(\C=C(/C)c1ccc2[nH]nc(C(=O)Nc3ccc(CN4CCCCC4)nc3)c2c1)CN1CCC(O)CC1. The van der Waals surface area contributed by atoms with Crippen LogP contribution in [0.5, 0.6) is 0 Å². The number of carbonyl (C=O) groups excluding carboxylic acids is 1. The normalized spacial score (nSPS) is 18.2. The zero-order chi connectivity index (χ0) is 27.9. The van der Waals surface area contributed by atoms with Gasteiger partial charge in [-0.3, -0.25) is 29.7 Å². The van der Waals surface area contributed by atoms with Gasteiger partial charge in [-0.05, 0) is 93.4 Å². The Balaban J connectivity index is 1.27. The summed E-state index contributed by atoms with van der Waals surface area (Å²) in [5.74, 6) is -0.278. The zero-order valence-electron chi connectivity index (χ0n) is 23.3. The van der Waals surface area contributed by atoms with E-state index in [4.69, 9.17) is 0 Å². The summed E-state index contributed by atoms with van der Waals surface area (Å²) >= 11 is 0. The summed E-state index contributed by atoms with van der Waals surface area (Å²) < 4.78 is 0. The Morgan fingerprint density at radius 3 is 2.67 bits per heavy atom. The number of aromatic amines is 1. The lowest BCUT2D eigenvalue weighted by molar-refractivity contribution is 0.0872. The molecule has 3 aromatic rings. The molecule has 2 fully saturated rings. The fourth-order valence-electron chi connectivity index (χ4n) is 5.50. The molecule has 210 valence electrons. The molecule has 0 aliphatic carbocycles. The van der Waals surface area contributed by atoms with E-state index in [1.165, 1.54) is 19.3 Å². The number of aliphatic hydroxyl groups excluding tert-OH is 1.